The van der Waals surface area contributed by atoms with Crippen molar-refractivity contribution in [1.82, 2.24) is 0 Å². The number of esters is 1. The number of carbonyl (C=O) groups is 2. The van der Waals surface area contributed by atoms with Crippen LogP contribution < -0.4 is 0 Å². The summed E-state index contributed by atoms with van der Waals surface area (Å²) >= 11 is 0. The first kappa shape index (κ1) is 11.2. The van der Waals surface area contributed by atoms with Crippen molar-refractivity contribution < 1.29 is 24.5 Å². The minimum atomic E-state index is -1.57. The molecule has 0 aliphatic heterocycles. The number of aliphatic hydroxyl groups is 1. The Labute approximate surface area is 85.9 Å². The summed E-state index contributed by atoms with van der Waals surface area (Å²) in [6.45, 7) is 0. The van der Waals surface area contributed by atoms with E-state index < -0.39 is 12.1 Å². The van der Waals surface area contributed by atoms with Gasteiger partial charge in [-0.2, -0.15) is 0 Å². The van der Waals surface area contributed by atoms with Crippen LogP contribution >= 0.6 is 0 Å². The van der Waals surface area contributed by atoms with Gasteiger partial charge in [0.05, 0.1) is 7.11 Å². The Bertz CT molecular complexity index is 385. The van der Waals surface area contributed by atoms with E-state index in [1.165, 1.54) is 12.1 Å². The maximum absolute atomic E-state index is 11.0. The molecule has 15 heavy (non-hydrogen) atoms. The number of carbonyl (C=O) groups excluding carboxylic acids is 2. The number of hydrogen-bond donors (Lipinski definition) is 2. The first-order valence-electron chi connectivity index (χ1n) is 4.14. The predicted octanol–water partition coefficient (Wildman–Crippen LogP) is 0.411. The summed E-state index contributed by atoms with van der Waals surface area (Å²) in [6.07, 6.45) is -1.08. The topological polar surface area (TPSA) is 83.8 Å². The van der Waals surface area contributed by atoms with E-state index in [0.29, 0.717) is 6.29 Å². The van der Waals surface area contributed by atoms with Crippen LogP contribution in [0.1, 0.15) is 22.0 Å². The van der Waals surface area contributed by atoms with Gasteiger partial charge in [-0.3, -0.25) is 4.79 Å². The Hall–Kier alpha value is -1.88. The summed E-state index contributed by atoms with van der Waals surface area (Å²) in [6, 6.07) is 3.74. The van der Waals surface area contributed by atoms with E-state index in [-0.39, 0.29) is 16.9 Å². The molecule has 5 nitrogen and oxygen atoms in total. The number of ether oxygens (including phenoxy) is 1. The largest absolute Gasteiger partial charge is 0.508 e. The lowest BCUT2D eigenvalue weighted by Gasteiger charge is -2.10. The number of benzene rings is 1. The molecule has 0 spiro atoms. The van der Waals surface area contributed by atoms with Crippen molar-refractivity contribution in [3.05, 3.63) is 29.3 Å². The van der Waals surface area contributed by atoms with Gasteiger partial charge in [-0.05, 0) is 18.2 Å². The van der Waals surface area contributed by atoms with Gasteiger partial charge in [-0.1, -0.05) is 0 Å². The molecule has 1 atom stereocenters. The lowest BCUT2D eigenvalue weighted by Crippen LogP contribution is -2.15. The van der Waals surface area contributed by atoms with Crippen molar-refractivity contribution in [3.8, 4) is 5.75 Å². The Morgan fingerprint density at radius 2 is 2.20 bits per heavy atom. The Morgan fingerprint density at radius 3 is 2.73 bits per heavy atom. The van der Waals surface area contributed by atoms with Crippen molar-refractivity contribution in [2.45, 2.75) is 6.10 Å². The van der Waals surface area contributed by atoms with Gasteiger partial charge in [0.2, 0.25) is 0 Å². The molecular formula is C10H10O5. The molecule has 0 amide bonds. The van der Waals surface area contributed by atoms with Crippen LogP contribution in [0.25, 0.3) is 0 Å². The summed E-state index contributed by atoms with van der Waals surface area (Å²) in [5.74, 6) is -1.03. The second-order valence-electron chi connectivity index (χ2n) is 2.86. The maximum Gasteiger partial charge on any atom is 0.339 e. The third kappa shape index (κ3) is 2.32. The van der Waals surface area contributed by atoms with E-state index in [1.807, 2.05) is 0 Å². The van der Waals surface area contributed by atoms with Gasteiger partial charge in [0.25, 0.3) is 0 Å². The summed E-state index contributed by atoms with van der Waals surface area (Å²) in [4.78, 5) is 21.6. The minimum absolute atomic E-state index is 0.0249. The smallest absolute Gasteiger partial charge is 0.339 e. The Kier molecular flexibility index (Phi) is 3.41. The van der Waals surface area contributed by atoms with Gasteiger partial charge in [0.15, 0.2) is 6.10 Å². The number of aldehydes is 1. The fraction of sp³-hybridized carbons (Fsp3) is 0.200. The number of methoxy groups -OCH3 is 1. The highest BCUT2D eigenvalue weighted by atomic mass is 16.5. The van der Waals surface area contributed by atoms with Crippen LogP contribution in [0.5, 0.6) is 5.75 Å². The number of phenolic OH excluding ortho intramolecular Hbond substituents is 1. The zero-order valence-corrected chi connectivity index (χ0v) is 8.01. The van der Waals surface area contributed by atoms with Crippen LogP contribution in [0.4, 0.5) is 0 Å². The van der Waals surface area contributed by atoms with Crippen molar-refractivity contribution in [2.75, 3.05) is 7.11 Å². The highest BCUT2D eigenvalue weighted by molar-refractivity contribution is 5.84. The maximum atomic E-state index is 11.0. The van der Waals surface area contributed by atoms with E-state index in [9.17, 15) is 14.7 Å². The molecule has 0 saturated heterocycles. The third-order valence-corrected chi connectivity index (χ3v) is 1.92. The number of hydrogen-bond acceptors (Lipinski definition) is 5. The molecule has 80 valence electrons. The molecule has 2 N–H and O–H groups in total. The van der Waals surface area contributed by atoms with Crippen LogP contribution in [-0.4, -0.2) is 29.6 Å². The Balaban J connectivity index is 3.16. The van der Waals surface area contributed by atoms with Gasteiger partial charge in [-0.25, -0.2) is 4.79 Å². The van der Waals surface area contributed by atoms with Crippen LogP contribution in [0.15, 0.2) is 18.2 Å². The summed E-state index contributed by atoms with van der Waals surface area (Å²) < 4.78 is 4.32. The quantitative estimate of drug-likeness (QED) is 0.557. The number of aliphatic hydroxyl groups excluding tert-OH is 1. The number of rotatable bonds is 3. The molecule has 0 fully saturated rings. The van der Waals surface area contributed by atoms with Crippen molar-refractivity contribution in [2.24, 2.45) is 0 Å². The van der Waals surface area contributed by atoms with Gasteiger partial charge >= 0.3 is 5.97 Å². The molecule has 1 rings (SSSR count). The molecule has 1 aromatic carbocycles. The zero-order chi connectivity index (χ0) is 11.4. The first-order chi connectivity index (χ1) is 7.10. The van der Waals surface area contributed by atoms with Crippen molar-refractivity contribution >= 4 is 12.3 Å². The fourth-order valence-corrected chi connectivity index (χ4v) is 1.14. The molecule has 0 saturated carbocycles. The van der Waals surface area contributed by atoms with Crippen LogP contribution in [0.2, 0.25) is 0 Å². The first-order valence-corrected chi connectivity index (χ1v) is 4.14. The van der Waals surface area contributed by atoms with Crippen LogP contribution in [0, 0.1) is 0 Å². The van der Waals surface area contributed by atoms with E-state index in [4.69, 9.17) is 5.11 Å². The SMILES string of the molecule is COC(=O)C(O)c1cc(O)ccc1C=O. The van der Waals surface area contributed by atoms with E-state index >= 15 is 0 Å². The molecule has 0 aliphatic carbocycles. The molecule has 0 aliphatic rings. The second-order valence-corrected chi connectivity index (χ2v) is 2.86. The van der Waals surface area contributed by atoms with E-state index in [2.05, 4.69) is 4.74 Å². The zero-order valence-electron chi connectivity index (χ0n) is 8.01. The van der Waals surface area contributed by atoms with Gasteiger partial charge in [0, 0.05) is 11.1 Å². The molecule has 1 unspecified atom stereocenters. The summed E-state index contributed by atoms with van der Waals surface area (Å²) in [5, 5.41) is 18.6. The molecule has 0 bridgehead atoms. The highest BCUT2D eigenvalue weighted by Gasteiger charge is 2.21. The fourth-order valence-electron chi connectivity index (χ4n) is 1.14. The number of aromatic hydroxyl groups is 1. The summed E-state index contributed by atoms with van der Waals surface area (Å²) in [5.41, 5.74) is 0.155. The molecular weight excluding hydrogens is 200 g/mol. The average molecular weight is 210 g/mol. The molecule has 1 aromatic rings. The monoisotopic (exact) mass is 210 g/mol. The van der Waals surface area contributed by atoms with Gasteiger partial charge in [-0.15, -0.1) is 0 Å². The minimum Gasteiger partial charge on any atom is -0.508 e. The predicted molar refractivity (Wildman–Crippen MR) is 50.5 cm³/mol. The molecule has 0 aromatic heterocycles. The number of phenols is 1. The van der Waals surface area contributed by atoms with Crippen LogP contribution in [-0.2, 0) is 9.53 Å². The molecule has 0 radical (unpaired) electrons. The van der Waals surface area contributed by atoms with E-state index in [0.717, 1.165) is 13.2 Å². The lowest BCUT2D eigenvalue weighted by atomic mass is 10.0. The summed E-state index contributed by atoms with van der Waals surface area (Å²) in [7, 11) is 1.12. The second kappa shape index (κ2) is 4.56. The van der Waals surface area contributed by atoms with E-state index in [1.54, 1.807) is 0 Å². The molecule has 0 heterocycles. The normalized spacial score (nSPS) is 11.9. The molecule has 5 heteroatoms. The average Bonchev–Trinajstić information content (AvgIpc) is 2.27. The lowest BCUT2D eigenvalue weighted by molar-refractivity contribution is -0.150. The third-order valence-electron chi connectivity index (χ3n) is 1.92. The van der Waals surface area contributed by atoms with Gasteiger partial charge in [0.1, 0.15) is 12.0 Å². The Morgan fingerprint density at radius 1 is 1.53 bits per heavy atom. The van der Waals surface area contributed by atoms with Crippen LogP contribution in [0.3, 0.4) is 0 Å². The van der Waals surface area contributed by atoms with Gasteiger partial charge < -0.3 is 14.9 Å². The standard InChI is InChI=1S/C10H10O5/c1-15-10(14)9(13)8-4-7(12)3-2-6(8)5-11/h2-5,9,12-13H,1H3. The van der Waals surface area contributed by atoms with Crippen molar-refractivity contribution in [1.29, 1.82) is 0 Å². The van der Waals surface area contributed by atoms with Crippen molar-refractivity contribution in [3.63, 3.8) is 0 Å². The highest BCUT2D eigenvalue weighted by Crippen LogP contribution is 2.22.